The number of β-amino-alcohol motifs (C(OH)–C–C–N with tert-alkyl or cyclic N) is 1. The summed E-state index contributed by atoms with van der Waals surface area (Å²) in [4.78, 5) is 30.6. The van der Waals surface area contributed by atoms with Crippen molar-refractivity contribution in [3.63, 3.8) is 0 Å². The van der Waals surface area contributed by atoms with Gasteiger partial charge in [0.25, 0.3) is 11.8 Å². The van der Waals surface area contributed by atoms with Gasteiger partial charge in [0, 0.05) is 48.3 Å². The van der Waals surface area contributed by atoms with Crippen molar-refractivity contribution in [3.05, 3.63) is 70.3 Å². The normalized spacial score (nSPS) is 25.2. The molecule has 37 heavy (non-hydrogen) atoms. The maximum atomic E-state index is 13.5. The molecule has 2 bridgehead atoms. The minimum Gasteiger partial charge on any atom is -0.393 e. The number of amides is 2. The van der Waals surface area contributed by atoms with Crippen molar-refractivity contribution in [1.82, 2.24) is 9.80 Å². The van der Waals surface area contributed by atoms with Gasteiger partial charge in [0.2, 0.25) is 0 Å². The van der Waals surface area contributed by atoms with Crippen molar-refractivity contribution >= 4 is 11.8 Å². The second-order valence-electron chi connectivity index (χ2n) is 11.7. The fourth-order valence-corrected chi connectivity index (χ4v) is 6.67. The third kappa shape index (κ3) is 5.05. The average molecular weight is 506 g/mol. The Hall–Kier alpha value is -2.74. The Morgan fingerprint density at radius 1 is 1.11 bits per heavy atom. The number of fused-ring (bicyclic) bond motifs is 3. The topological polar surface area (TPSA) is 107 Å². The number of aliphatic hydroxyl groups excluding tert-OH is 2. The summed E-state index contributed by atoms with van der Waals surface area (Å²) < 4.78 is 0. The van der Waals surface area contributed by atoms with E-state index in [1.807, 2.05) is 35.2 Å². The van der Waals surface area contributed by atoms with Gasteiger partial charge >= 0.3 is 0 Å². The van der Waals surface area contributed by atoms with Crippen LogP contribution in [0.15, 0.2) is 42.5 Å². The van der Waals surface area contributed by atoms with E-state index in [2.05, 4.69) is 13.8 Å². The van der Waals surface area contributed by atoms with Crippen LogP contribution in [-0.2, 0) is 18.4 Å². The van der Waals surface area contributed by atoms with E-state index in [9.17, 15) is 19.8 Å². The second kappa shape index (κ2) is 10.2. The van der Waals surface area contributed by atoms with Crippen LogP contribution in [0.2, 0.25) is 0 Å². The molecule has 198 valence electrons. The average Bonchev–Trinajstić information content (AvgIpc) is 3.15. The van der Waals surface area contributed by atoms with Crippen LogP contribution in [0.3, 0.4) is 0 Å². The molecular formula is C30H39N3O4. The van der Waals surface area contributed by atoms with Gasteiger partial charge in [0.1, 0.15) is 0 Å². The van der Waals surface area contributed by atoms with Crippen molar-refractivity contribution < 1.29 is 19.8 Å². The molecule has 0 aliphatic carbocycles. The number of aliphatic hydroxyl groups is 2. The first-order chi connectivity index (χ1) is 17.7. The number of hydrogen-bond donors (Lipinski definition) is 3. The van der Waals surface area contributed by atoms with Crippen LogP contribution in [0, 0.1) is 0 Å². The maximum absolute atomic E-state index is 13.5. The third-order valence-corrected chi connectivity index (χ3v) is 8.56. The molecule has 2 saturated heterocycles. The molecule has 4 N–H and O–H groups in total. The molecule has 2 aromatic rings. The number of rotatable bonds is 7. The summed E-state index contributed by atoms with van der Waals surface area (Å²) in [6.45, 7) is 5.39. The lowest BCUT2D eigenvalue weighted by atomic mass is 9.77. The van der Waals surface area contributed by atoms with E-state index in [0.717, 1.165) is 29.5 Å². The number of aryl methyl sites for hydroxylation is 1. The third-order valence-electron chi connectivity index (χ3n) is 8.56. The molecule has 3 heterocycles. The molecule has 0 spiro atoms. The molecule has 0 saturated carbocycles. The van der Waals surface area contributed by atoms with Gasteiger partial charge in [0.05, 0.1) is 12.2 Å². The second-order valence-corrected chi connectivity index (χ2v) is 11.7. The minimum atomic E-state index is -0.641. The molecule has 0 radical (unpaired) electrons. The maximum Gasteiger partial charge on any atom is 0.254 e. The van der Waals surface area contributed by atoms with Gasteiger partial charge in [-0.3, -0.25) is 9.59 Å². The van der Waals surface area contributed by atoms with Gasteiger partial charge in [-0.05, 0) is 73.4 Å². The van der Waals surface area contributed by atoms with Gasteiger partial charge in [-0.25, -0.2) is 0 Å². The van der Waals surface area contributed by atoms with Crippen molar-refractivity contribution in [2.24, 2.45) is 5.73 Å². The zero-order valence-corrected chi connectivity index (χ0v) is 21.9. The molecule has 3 aliphatic heterocycles. The predicted octanol–water partition coefficient (Wildman–Crippen LogP) is 3.00. The van der Waals surface area contributed by atoms with Gasteiger partial charge < -0.3 is 25.7 Å². The van der Waals surface area contributed by atoms with Gasteiger partial charge in [-0.1, -0.05) is 38.1 Å². The van der Waals surface area contributed by atoms with E-state index in [4.69, 9.17) is 5.73 Å². The molecule has 3 aliphatic rings. The quantitative estimate of drug-likeness (QED) is 0.536. The highest BCUT2D eigenvalue weighted by molar-refractivity contribution is 6.00. The number of nitrogens with two attached hydrogens (primary N) is 1. The Kier molecular flexibility index (Phi) is 7.14. The molecular weight excluding hydrogens is 466 g/mol. The first-order valence-electron chi connectivity index (χ1n) is 13.6. The summed E-state index contributed by atoms with van der Waals surface area (Å²) in [5, 5.41) is 20.9. The van der Waals surface area contributed by atoms with Crippen molar-refractivity contribution in [1.29, 1.82) is 0 Å². The van der Waals surface area contributed by atoms with E-state index >= 15 is 0 Å². The molecule has 3 atom stereocenters. The summed E-state index contributed by atoms with van der Waals surface area (Å²) >= 11 is 0. The van der Waals surface area contributed by atoms with Crippen LogP contribution in [0.25, 0.3) is 0 Å². The Labute approximate surface area is 219 Å². The summed E-state index contributed by atoms with van der Waals surface area (Å²) in [6.07, 6.45) is 3.47. The number of benzene rings is 2. The molecule has 2 fully saturated rings. The smallest absolute Gasteiger partial charge is 0.254 e. The van der Waals surface area contributed by atoms with E-state index in [1.54, 1.807) is 17.0 Å². The number of nitrogens with zero attached hydrogens (tertiary/aromatic N) is 2. The highest BCUT2D eigenvalue weighted by Gasteiger charge is 2.44. The van der Waals surface area contributed by atoms with E-state index < -0.39 is 6.10 Å². The number of carbonyl (C=O) groups excluding carboxylic acids is 2. The van der Waals surface area contributed by atoms with E-state index in [0.29, 0.717) is 49.9 Å². The monoisotopic (exact) mass is 505 g/mol. The summed E-state index contributed by atoms with van der Waals surface area (Å²) in [5.74, 6) is -0.100. The predicted molar refractivity (Wildman–Crippen MR) is 142 cm³/mol. The fraction of sp³-hybridized carbons (Fsp3) is 0.533. The van der Waals surface area contributed by atoms with Crippen molar-refractivity contribution in [2.45, 2.75) is 88.6 Å². The minimum absolute atomic E-state index is 0.000983. The van der Waals surface area contributed by atoms with Crippen LogP contribution in [0.5, 0.6) is 0 Å². The van der Waals surface area contributed by atoms with Gasteiger partial charge in [-0.15, -0.1) is 0 Å². The summed E-state index contributed by atoms with van der Waals surface area (Å²) in [6, 6.07) is 13.6. The highest BCUT2D eigenvalue weighted by Crippen LogP contribution is 2.38. The first-order valence-corrected chi connectivity index (χ1v) is 13.6. The Morgan fingerprint density at radius 3 is 2.46 bits per heavy atom. The van der Waals surface area contributed by atoms with Crippen molar-refractivity contribution in [2.75, 3.05) is 13.1 Å². The molecule has 7 nitrogen and oxygen atoms in total. The SMILES string of the molecule is CC1(C)CN(CC(O)CCc2ccccc2CN)C(=O)c2ccc(C(=O)N3C4CCC3CC(O)C4)cc21. The van der Waals surface area contributed by atoms with Crippen LogP contribution in [0.1, 0.15) is 83.4 Å². The molecule has 2 aromatic carbocycles. The van der Waals surface area contributed by atoms with Gasteiger partial charge in [0.15, 0.2) is 0 Å². The standard InChI is InChI=1S/C30H39N3O4/c1-30(2)18-32(17-24(34)11-7-19-5-3-4-6-21(19)16-31)29(37)26-12-8-20(13-27(26)30)28(36)33-22-9-10-23(33)15-25(35)14-22/h3-6,8,12-13,22-25,34-35H,7,9-11,14-18,31H2,1-2H3. The van der Waals surface area contributed by atoms with E-state index in [-0.39, 0.29) is 42.0 Å². The zero-order chi connectivity index (χ0) is 26.3. The lowest BCUT2D eigenvalue weighted by Gasteiger charge is -2.41. The lowest BCUT2D eigenvalue weighted by Crippen LogP contribution is -2.50. The van der Waals surface area contributed by atoms with Crippen LogP contribution >= 0.6 is 0 Å². The zero-order valence-electron chi connectivity index (χ0n) is 21.9. The number of piperidine rings is 1. The highest BCUT2D eigenvalue weighted by atomic mass is 16.3. The molecule has 5 rings (SSSR count). The largest absolute Gasteiger partial charge is 0.393 e. The summed E-state index contributed by atoms with van der Waals surface area (Å²) in [7, 11) is 0. The fourth-order valence-electron chi connectivity index (χ4n) is 6.67. The Balaban J connectivity index is 1.29. The van der Waals surface area contributed by atoms with E-state index in [1.165, 1.54) is 0 Å². The first kappa shape index (κ1) is 25.9. The number of hydrogen-bond acceptors (Lipinski definition) is 5. The Bertz CT molecular complexity index is 1170. The van der Waals surface area contributed by atoms with Gasteiger partial charge in [-0.2, -0.15) is 0 Å². The van der Waals surface area contributed by atoms with Crippen molar-refractivity contribution in [3.8, 4) is 0 Å². The molecule has 7 heteroatoms. The van der Waals surface area contributed by atoms with Crippen LogP contribution in [-0.4, -0.2) is 69.2 Å². The van der Waals surface area contributed by atoms with Crippen LogP contribution in [0.4, 0.5) is 0 Å². The van der Waals surface area contributed by atoms with Crippen LogP contribution < -0.4 is 5.73 Å². The molecule has 0 aromatic heterocycles. The lowest BCUT2D eigenvalue weighted by molar-refractivity contribution is 0.0286. The molecule has 3 unspecified atom stereocenters. The molecule has 2 amide bonds. The Morgan fingerprint density at radius 2 is 1.78 bits per heavy atom. The number of carbonyl (C=O) groups is 2. The summed E-state index contributed by atoms with van der Waals surface area (Å²) in [5.41, 5.74) is 9.80.